The van der Waals surface area contributed by atoms with Crippen molar-refractivity contribution < 1.29 is 17.9 Å². The Morgan fingerprint density at radius 2 is 1.83 bits per heavy atom. The molecule has 0 saturated carbocycles. The standard InChI is InChI=1S/C13H23O4S/c1-10(2)18(15,16)8-7-11(3)9-12(14)17-13(4,5)6/h7-8,10-11H,3,9H2,1-2,4-6H3/q+1/b8-7+. The van der Waals surface area contributed by atoms with E-state index in [9.17, 15) is 13.2 Å². The molecule has 4 nitrogen and oxygen atoms in total. The fraction of sp³-hybridized carbons (Fsp3) is 0.692. The fourth-order valence-electron chi connectivity index (χ4n) is 1.04. The van der Waals surface area contributed by atoms with E-state index in [1.54, 1.807) is 34.6 Å². The monoisotopic (exact) mass is 275 g/mol. The van der Waals surface area contributed by atoms with Gasteiger partial charge in [-0.1, -0.05) is 0 Å². The molecule has 18 heavy (non-hydrogen) atoms. The highest BCUT2D eigenvalue weighted by atomic mass is 32.2. The maximum Gasteiger partial charge on any atom is 0.311 e. The first-order valence-electron chi connectivity index (χ1n) is 5.91. The highest BCUT2D eigenvalue weighted by molar-refractivity contribution is 7.94. The minimum absolute atomic E-state index is 0.0708. The number of allylic oxidation sites excluding steroid dienone is 1. The molecule has 1 unspecified atom stereocenters. The third kappa shape index (κ3) is 7.37. The second-order valence-corrected chi connectivity index (χ2v) is 7.91. The van der Waals surface area contributed by atoms with E-state index in [0.29, 0.717) is 0 Å². The lowest BCUT2D eigenvalue weighted by atomic mass is 10.1. The highest BCUT2D eigenvalue weighted by Crippen LogP contribution is 2.13. The Kier molecular flexibility index (Phi) is 5.93. The van der Waals surface area contributed by atoms with Crippen molar-refractivity contribution in [1.82, 2.24) is 0 Å². The van der Waals surface area contributed by atoms with Gasteiger partial charge in [0.1, 0.15) is 11.5 Å². The number of rotatable bonds is 5. The molecule has 0 rings (SSSR count). The molecule has 0 radical (unpaired) electrons. The van der Waals surface area contributed by atoms with Crippen molar-refractivity contribution in [3.05, 3.63) is 18.4 Å². The van der Waals surface area contributed by atoms with Gasteiger partial charge in [0.05, 0.1) is 18.6 Å². The minimum Gasteiger partial charge on any atom is -0.460 e. The van der Waals surface area contributed by atoms with Crippen LogP contribution in [0.3, 0.4) is 0 Å². The van der Waals surface area contributed by atoms with Crippen LogP contribution >= 0.6 is 0 Å². The van der Waals surface area contributed by atoms with Gasteiger partial charge in [0.15, 0.2) is 9.84 Å². The molecule has 0 aliphatic rings. The zero-order valence-corrected chi connectivity index (χ0v) is 12.6. The van der Waals surface area contributed by atoms with Crippen LogP contribution in [0.5, 0.6) is 0 Å². The summed E-state index contributed by atoms with van der Waals surface area (Å²) in [5, 5.41) is 0.655. The Balaban J connectivity index is 4.41. The lowest BCUT2D eigenvalue weighted by Gasteiger charge is -2.19. The van der Waals surface area contributed by atoms with Crippen LogP contribution in [0, 0.1) is 12.8 Å². The topological polar surface area (TPSA) is 60.4 Å². The summed E-state index contributed by atoms with van der Waals surface area (Å²) in [6, 6.07) is 0. The number of hydrogen-bond donors (Lipinski definition) is 0. The highest BCUT2D eigenvalue weighted by Gasteiger charge is 2.20. The van der Waals surface area contributed by atoms with E-state index in [1.807, 2.05) is 0 Å². The zero-order valence-electron chi connectivity index (χ0n) is 11.8. The molecule has 0 fully saturated rings. The number of sulfone groups is 1. The van der Waals surface area contributed by atoms with E-state index in [0.717, 1.165) is 5.41 Å². The lowest BCUT2D eigenvalue weighted by molar-refractivity contribution is -0.155. The Morgan fingerprint density at radius 3 is 2.22 bits per heavy atom. The number of carbonyl (C=O) groups is 1. The molecule has 0 spiro atoms. The Labute approximate surface area is 110 Å². The van der Waals surface area contributed by atoms with Crippen molar-refractivity contribution in [3.8, 4) is 0 Å². The molecule has 0 aromatic carbocycles. The largest absolute Gasteiger partial charge is 0.460 e. The van der Waals surface area contributed by atoms with Crippen molar-refractivity contribution in [1.29, 1.82) is 0 Å². The summed E-state index contributed by atoms with van der Waals surface area (Å²) in [6.07, 6.45) is 1.50. The van der Waals surface area contributed by atoms with Crippen LogP contribution in [0.4, 0.5) is 0 Å². The Morgan fingerprint density at radius 1 is 1.33 bits per heavy atom. The quantitative estimate of drug-likeness (QED) is 0.571. The second kappa shape index (κ2) is 6.27. The Bertz CT molecular complexity index is 399. The molecular weight excluding hydrogens is 252 g/mol. The van der Waals surface area contributed by atoms with E-state index >= 15 is 0 Å². The molecule has 0 amide bonds. The van der Waals surface area contributed by atoms with Crippen LogP contribution in [0.1, 0.15) is 41.0 Å². The predicted molar refractivity (Wildman–Crippen MR) is 72.5 cm³/mol. The lowest BCUT2D eigenvalue weighted by Crippen LogP contribution is -2.24. The van der Waals surface area contributed by atoms with Crippen molar-refractivity contribution in [2.24, 2.45) is 5.92 Å². The van der Waals surface area contributed by atoms with Crippen molar-refractivity contribution >= 4 is 15.8 Å². The fourth-order valence-corrected chi connectivity index (χ4v) is 1.80. The minimum atomic E-state index is -3.24. The van der Waals surface area contributed by atoms with Gasteiger partial charge in [-0.3, -0.25) is 4.79 Å². The van der Waals surface area contributed by atoms with Gasteiger partial charge in [-0.2, -0.15) is 0 Å². The summed E-state index contributed by atoms with van der Waals surface area (Å²) < 4.78 is 28.2. The molecule has 0 N–H and O–H groups in total. The molecule has 0 aromatic rings. The second-order valence-electron chi connectivity index (χ2n) is 5.52. The smallest absolute Gasteiger partial charge is 0.311 e. The van der Waals surface area contributed by atoms with Crippen LogP contribution in [-0.2, 0) is 19.4 Å². The van der Waals surface area contributed by atoms with E-state index in [-0.39, 0.29) is 12.4 Å². The predicted octanol–water partition coefficient (Wildman–Crippen LogP) is 2.51. The van der Waals surface area contributed by atoms with Crippen LogP contribution < -0.4 is 0 Å². The van der Waals surface area contributed by atoms with Gasteiger partial charge in [-0.15, -0.1) is 0 Å². The zero-order chi connectivity index (χ0) is 14.6. The molecule has 0 saturated heterocycles. The van der Waals surface area contributed by atoms with Crippen LogP contribution in [0.25, 0.3) is 0 Å². The molecule has 0 aromatic heterocycles. The van der Waals surface area contributed by atoms with Gasteiger partial charge >= 0.3 is 5.97 Å². The summed E-state index contributed by atoms with van der Waals surface area (Å²) in [6.45, 7) is 12.3. The molecule has 0 aliphatic carbocycles. The van der Waals surface area contributed by atoms with E-state index in [4.69, 9.17) is 4.74 Å². The first-order chi connectivity index (χ1) is 7.94. The first kappa shape index (κ1) is 17.0. The average Bonchev–Trinajstić information content (AvgIpc) is 2.11. The number of ether oxygens (including phenoxy) is 1. The molecular formula is C13H23O4S+. The van der Waals surface area contributed by atoms with Crippen LogP contribution in [0.2, 0.25) is 0 Å². The summed E-state index contributed by atoms with van der Waals surface area (Å²) in [4.78, 5) is 11.5. The van der Waals surface area contributed by atoms with Gasteiger partial charge in [-0.25, -0.2) is 8.42 Å². The summed E-state index contributed by atoms with van der Waals surface area (Å²) in [5.74, 6) is -0.789. The number of esters is 1. The van der Waals surface area contributed by atoms with Crippen molar-refractivity contribution in [2.75, 3.05) is 0 Å². The molecule has 0 bridgehead atoms. The van der Waals surface area contributed by atoms with Gasteiger partial charge in [0, 0.05) is 5.41 Å². The van der Waals surface area contributed by atoms with Crippen LogP contribution in [0.15, 0.2) is 11.5 Å². The van der Waals surface area contributed by atoms with E-state index in [2.05, 4.69) is 6.92 Å². The summed E-state index contributed by atoms with van der Waals surface area (Å²) >= 11 is 0. The third-order valence-electron chi connectivity index (χ3n) is 2.05. The van der Waals surface area contributed by atoms with E-state index in [1.165, 1.54) is 6.08 Å². The van der Waals surface area contributed by atoms with E-state index < -0.39 is 26.6 Å². The molecule has 5 heteroatoms. The van der Waals surface area contributed by atoms with Gasteiger partial charge in [-0.05, 0) is 40.7 Å². The Hall–Kier alpha value is -0.970. The summed E-state index contributed by atoms with van der Waals surface area (Å²) in [5.41, 5.74) is -0.537. The molecule has 0 aliphatic heterocycles. The average molecular weight is 275 g/mol. The SMILES string of the molecule is [CH2+]C(/C=C/S(=O)(=O)C(C)C)CC(=O)OC(C)(C)C. The third-order valence-corrected chi connectivity index (χ3v) is 3.90. The molecule has 104 valence electrons. The first-order valence-corrected chi connectivity index (χ1v) is 7.52. The molecule has 1 atom stereocenters. The number of carbonyl (C=O) groups excluding carboxylic acids is 1. The summed E-state index contributed by atoms with van der Waals surface area (Å²) in [7, 11) is -3.24. The van der Waals surface area contributed by atoms with Crippen molar-refractivity contribution in [3.63, 3.8) is 0 Å². The van der Waals surface area contributed by atoms with Gasteiger partial charge < -0.3 is 4.74 Å². The normalized spacial score (nSPS) is 15.0. The molecule has 0 heterocycles. The maximum absolute atomic E-state index is 11.5. The number of hydrogen-bond acceptors (Lipinski definition) is 4. The van der Waals surface area contributed by atoms with Gasteiger partial charge in [0.2, 0.25) is 0 Å². The van der Waals surface area contributed by atoms with Crippen LogP contribution in [-0.4, -0.2) is 25.2 Å². The van der Waals surface area contributed by atoms with Gasteiger partial charge in [0.25, 0.3) is 0 Å². The van der Waals surface area contributed by atoms with Crippen molar-refractivity contribution in [2.45, 2.75) is 51.9 Å². The maximum atomic E-state index is 11.5.